The number of hydrogen-bond acceptors (Lipinski definition) is 4. The van der Waals surface area contributed by atoms with E-state index >= 15 is 0 Å². The summed E-state index contributed by atoms with van der Waals surface area (Å²) < 4.78 is 0. The van der Waals surface area contributed by atoms with Gasteiger partial charge >= 0.3 is 0 Å². The van der Waals surface area contributed by atoms with Crippen molar-refractivity contribution in [2.24, 2.45) is 10.7 Å². The highest BCUT2D eigenvalue weighted by Gasteiger charge is 2.06. The lowest BCUT2D eigenvalue weighted by Crippen LogP contribution is -2.13. The molecule has 0 fully saturated rings. The third-order valence-corrected chi connectivity index (χ3v) is 4.56. The molecule has 2 aromatic carbocycles. The Hall–Kier alpha value is -2.31. The Balaban J connectivity index is 1.79. The van der Waals surface area contributed by atoms with Crippen molar-refractivity contribution in [2.75, 3.05) is 0 Å². The first-order valence-electron chi connectivity index (χ1n) is 7.64. The minimum absolute atomic E-state index is 0.193. The summed E-state index contributed by atoms with van der Waals surface area (Å²) >= 11 is 7.29. The Morgan fingerprint density at radius 1 is 1.24 bits per heavy atom. The molecule has 1 heterocycles. The number of aromatic amines is 1. The highest BCUT2D eigenvalue weighted by atomic mass is 35.5. The van der Waals surface area contributed by atoms with Gasteiger partial charge in [-0.05, 0) is 55.3 Å². The highest BCUT2D eigenvalue weighted by Crippen LogP contribution is 2.20. The van der Waals surface area contributed by atoms with Gasteiger partial charge in [0.2, 0.25) is 0 Å². The molecule has 0 saturated heterocycles. The maximum atomic E-state index is 12.1. The molecule has 1 aromatic heterocycles. The van der Waals surface area contributed by atoms with E-state index in [1.54, 1.807) is 18.2 Å². The Bertz CT molecular complexity index is 1010. The number of hydrogen-bond donors (Lipinski definition) is 2. The van der Waals surface area contributed by atoms with Crippen LogP contribution in [0, 0.1) is 13.8 Å². The van der Waals surface area contributed by atoms with E-state index in [0.717, 1.165) is 16.8 Å². The zero-order chi connectivity index (χ0) is 18.0. The summed E-state index contributed by atoms with van der Waals surface area (Å²) in [6.07, 6.45) is 0. The van der Waals surface area contributed by atoms with Crippen molar-refractivity contribution in [3.05, 3.63) is 68.7 Å². The van der Waals surface area contributed by atoms with Crippen molar-refractivity contribution >= 4 is 45.1 Å². The maximum absolute atomic E-state index is 12.1. The van der Waals surface area contributed by atoms with E-state index < -0.39 is 0 Å². The topological polar surface area (TPSA) is 84.1 Å². The predicted octanol–water partition coefficient (Wildman–Crippen LogP) is 4.07. The largest absolute Gasteiger partial charge is 0.378 e. The molecule has 3 rings (SSSR count). The second-order valence-corrected chi connectivity index (χ2v) is 7.19. The SMILES string of the molecule is Cc1cc(C)cc(N=C(N)SCc2nc3cc(Cl)ccc3c(=O)[nH]2)c1. The number of nitrogens with zero attached hydrogens (tertiary/aromatic N) is 2. The molecule has 0 saturated carbocycles. The summed E-state index contributed by atoms with van der Waals surface area (Å²) in [6.45, 7) is 4.04. The lowest BCUT2D eigenvalue weighted by molar-refractivity contribution is 1.04. The molecule has 0 amide bonds. The average Bonchev–Trinajstić information content (AvgIpc) is 2.51. The monoisotopic (exact) mass is 372 g/mol. The summed E-state index contributed by atoms with van der Waals surface area (Å²) in [4.78, 5) is 23.7. The molecule has 5 nitrogen and oxygen atoms in total. The lowest BCUT2D eigenvalue weighted by Gasteiger charge is -2.04. The van der Waals surface area contributed by atoms with E-state index in [9.17, 15) is 4.79 Å². The van der Waals surface area contributed by atoms with Crippen LogP contribution in [0.15, 0.2) is 46.2 Å². The van der Waals surface area contributed by atoms with Gasteiger partial charge < -0.3 is 10.7 Å². The van der Waals surface area contributed by atoms with Crippen molar-refractivity contribution in [2.45, 2.75) is 19.6 Å². The molecule has 0 spiro atoms. The molecular formula is C18H17ClN4OS. The van der Waals surface area contributed by atoms with Crippen LogP contribution in [0.2, 0.25) is 5.02 Å². The van der Waals surface area contributed by atoms with Crippen LogP contribution in [0.3, 0.4) is 0 Å². The van der Waals surface area contributed by atoms with E-state index in [0.29, 0.717) is 32.7 Å². The molecule has 7 heteroatoms. The fourth-order valence-corrected chi connectivity index (χ4v) is 3.30. The number of aliphatic imine (C=N–C) groups is 1. The summed E-state index contributed by atoms with van der Waals surface area (Å²) in [5.41, 5.74) is 9.46. The Kier molecular flexibility index (Phi) is 5.11. The standard InChI is InChI=1S/C18H17ClN4OS/c1-10-5-11(2)7-13(6-10)21-18(20)25-9-16-22-15-8-12(19)3-4-14(15)17(24)23-16/h3-8H,9H2,1-2H3,(H2,20,21)(H,22,23,24). The molecule has 0 atom stereocenters. The minimum atomic E-state index is -0.193. The van der Waals surface area contributed by atoms with Gasteiger partial charge in [-0.25, -0.2) is 9.98 Å². The van der Waals surface area contributed by atoms with Crippen LogP contribution in [-0.4, -0.2) is 15.1 Å². The quantitative estimate of drug-likeness (QED) is 0.536. The van der Waals surface area contributed by atoms with Gasteiger partial charge in [-0.1, -0.05) is 29.4 Å². The molecule has 0 aliphatic rings. The molecule has 128 valence electrons. The van der Waals surface area contributed by atoms with Gasteiger partial charge in [-0.15, -0.1) is 0 Å². The molecule has 3 N–H and O–H groups in total. The maximum Gasteiger partial charge on any atom is 0.258 e. The molecule has 0 aliphatic heterocycles. The number of H-pyrrole nitrogens is 1. The van der Waals surface area contributed by atoms with Gasteiger partial charge in [0.25, 0.3) is 5.56 Å². The number of halogens is 1. The summed E-state index contributed by atoms with van der Waals surface area (Å²) in [7, 11) is 0. The Morgan fingerprint density at radius 2 is 1.96 bits per heavy atom. The molecule has 0 bridgehead atoms. The van der Waals surface area contributed by atoms with Crippen molar-refractivity contribution < 1.29 is 0 Å². The first-order valence-corrected chi connectivity index (χ1v) is 9.01. The first-order chi connectivity index (χ1) is 11.9. The van der Waals surface area contributed by atoms with Crippen LogP contribution in [0.1, 0.15) is 17.0 Å². The molecule has 25 heavy (non-hydrogen) atoms. The molecule has 0 aliphatic carbocycles. The van der Waals surface area contributed by atoms with Gasteiger partial charge in [0.1, 0.15) is 5.82 Å². The van der Waals surface area contributed by atoms with Gasteiger partial charge in [0, 0.05) is 5.02 Å². The Morgan fingerprint density at radius 3 is 2.68 bits per heavy atom. The van der Waals surface area contributed by atoms with Gasteiger partial charge in [-0.2, -0.15) is 0 Å². The number of benzene rings is 2. The van der Waals surface area contributed by atoms with Gasteiger partial charge in [-0.3, -0.25) is 4.79 Å². The number of rotatable bonds is 3. The number of thioether (sulfide) groups is 1. The zero-order valence-electron chi connectivity index (χ0n) is 13.8. The molecule has 3 aromatic rings. The third-order valence-electron chi connectivity index (χ3n) is 3.52. The zero-order valence-corrected chi connectivity index (χ0v) is 15.4. The smallest absolute Gasteiger partial charge is 0.258 e. The third kappa shape index (κ3) is 4.41. The summed E-state index contributed by atoms with van der Waals surface area (Å²) in [5, 5.41) is 1.47. The van der Waals surface area contributed by atoms with E-state index in [1.165, 1.54) is 11.8 Å². The van der Waals surface area contributed by atoms with Crippen molar-refractivity contribution in [1.82, 2.24) is 9.97 Å². The van der Waals surface area contributed by atoms with Crippen molar-refractivity contribution in [3.8, 4) is 0 Å². The van der Waals surface area contributed by atoms with Crippen LogP contribution in [0.4, 0.5) is 5.69 Å². The van der Waals surface area contributed by atoms with Crippen LogP contribution in [0.25, 0.3) is 10.9 Å². The fraction of sp³-hybridized carbons (Fsp3) is 0.167. The van der Waals surface area contributed by atoms with Crippen molar-refractivity contribution in [3.63, 3.8) is 0 Å². The second-order valence-electron chi connectivity index (χ2n) is 5.76. The highest BCUT2D eigenvalue weighted by molar-refractivity contribution is 8.13. The number of aryl methyl sites for hydroxylation is 2. The predicted molar refractivity (Wildman–Crippen MR) is 106 cm³/mol. The minimum Gasteiger partial charge on any atom is -0.378 e. The van der Waals surface area contributed by atoms with Crippen molar-refractivity contribution in [1.29, 1.82) is 0 Å². The van der Waals surface area contributed by atoms with Crippen LogP contribution in [-0.2, 0) is 5.75 Å². The first kappa shape index (κ1) is 17.5. The van der Waals surface area contributed by atoms with E-state index in [-0.39, 0.29) is 5.56 Å². The molecule has 0 radical (unpaired) electrons. The van der Waals surface area contributed by atoms with Crippen LogP contribution in [0.5, 0.6) is 0 Å². The summed E-state index contributed by atoms with van der Waals surface area (Å²) in [6, 6.07) is 11.0. The number of aromatic nitrogens is 2. The van der Waals surface area contributed by atoms with E-state index in [2.05, 4.69) is 21.0 Å². The number of amidine groups is 1. The number of nitrogens with one attached hydrogen (secondary N) is 1. The Labute approximate surface area is 154 Å². The van der Waals surface area contributed by atoms with E-state index in [1.807, 2.05) is 26.0 Å². The molecule has 0 unspecified atom stereocenters. The van der Waals surface area contributed by atoms with Gasteiger partial charge in [0.05, 0.1) is 22.3 Å². The number of fused-ring (bicyclic) bond motifs is 1. The van der Waals surface area contributed by atoms with E-state index in [4.69, 9.17) is 17.3 Å². The average molecular weight is 373 g/mol. The van der Waals surface area contributed by atoms with Crippen LogP contribution < -0.4 is 11.3 Å². The normalized spacial score (nSPS) is 11.9. The second kappa shape index (κ2) is 7.29. The summed E-state index contributed by atoms with van der Waals surface area (Å²) in [5.74, 6) is 0.945. The molecular weight excluding hydrogens is 356 g/mol. The lowest BCUT2D eigenvalue weighted by atomic mass is 10.1. The number of nitrogens with two attached hydrogens (primary N) is 1. The fourth-order valence-electron chi connectivity index (χ4n) is 2.55. The van der Waals surface area contributed by atoms with Gasteiger partial charge in [0.15, 0.2) is 5.17 Å². The van der Waals surface area contributed by atoms with Crippen LogP contribution >= 0.6 is 23.4 Å².